The molecule has 3 N–H and O–H groups in total. The van der Waals surface area contributed by atoms with Crippen LogP contribution in [0.1, 0.15) is 28.7 Å². The second kappa shape index (κ2) is 6.91. The van der Waals surface area contributed by atoms with Gasteiger partial charge in [0, 0.05) is 0 Å². The number of hydrazone groups is 1. The molecule has 2 aromatic heterocycles. The molecule has 0 saturated carbocycles. The molecular weight excluding hydrogens is 360 g/mol. The number of anilines is 1. The van der Waals surface area contributed by atoms with Crippen molar-refractivity contribution in [3.05, 3.63) is 59.4 Å². The Labute approximate surface area is 159 Å². The first-order chi connectivity index (χ1) is 13.5. The summed E-state index contributed by atoms with van der Waals surface area (Å²) in [5.41, 5.74) is 10.2. The Hall–Kier alpha value is -4.08. The molecule has 4 aromatic rings. The molecule has 1 amide bonds. The van der Waals surface area contributed by atoms with E-state index in [4.69, 9.17) is 5.73 Å². The number of hydrogen-bond donors (Lipinski definition) is 2. The minimum Gasteiger partial charge on any atom is -0.378 e. The maximum absolute atomic E-state index is 12.5. The summed E-state index contributed by atoms with van der Waals surface area (Å²) in [5, 5.41) is 21.3. The first-order valence-electron chi connectivity index (χ1n) is 8.39. The van der Waals surface area contributed by atoms with Gasteiger partial charge in [-0.2, -0.15) is 9.78 Å². The first kappa shape index (κ1) is 17.3. The highest BCUT2D eigenvalue weighted by molar-refractivity contribution is 6.03. The molecule has 0 spiro atoms. The van der Waals surface area contributed by atoms with Gasteiger partial charge in [-0.05, 0) is 46.6 Å². The lowest BCUT2D eigenvalue weighted by Gasteiger charge is -2.04. The molecular formula is C18H16N8O2. The predicted molar refractivity (Wildman–Crippen MR) is 102 cm³/mol. The van der Waals surface area contributed by atoms with Crippen LogP contribution in [-0.2, 0) is 0 Å². The van der Waals surface area contributed by atoms with Crippen LogP contribution in [0.4, 0.5) is 5.82 Å². The van der Waals surface area contributed by atoms with E-state index in [2.05, 4.69) is 35.8 Å². The zero-order valence-corrected chi connectivity index (χ0v) is 15.1. The SMILES string of the molecule is CC(=NNC(=O)c1nnn(-c2nonc2N)c1C)c1ccc2ccccc2c1. The molecule has 0 fully saturated rings. The number of benzene rings is 2. The third-order valence-corrected chi connectivity index (χ3v) is 4.30. The third kappa shape index (κ3) is 3.07. The summed E-state index contributed by atoms with van der Waals surface area (Å²) < 4.78 is 5.83. The molecule has 0 aliphatic rings. The van der Waals surface area contributed by atoms with Gasteiger partial charge >= 0.3 is 0 Å². The van der Waals surface area contributed by atoms with Gasteiger partial charge in [-0.1, -0.05) is 41.6 Å². The topological polar surface area (TPSA) is 137 Å². The zero-order chi connectivity index (χ0) is 19.7. The first-order valence-corrected chi connectivity index (χ1v) is 8.39. The number of aromatic nitrogens is 5. The number of rotatable bonds is 4. The summed E-state index contributed by atoms with van der Waals surface area (Å²) in [5.74, 6) is -0.288. The zero-order valence-electron chi connectivity index (χ0n) is 15.1. The molecule has 0 saturated heterocycles. The van der Waals surface area contributed by atoms with Crippen LogP contribution in [0.2, 0.25) is 0 Å². The maximum Gasteiger partial charge on any atom is 0.293 e. The van der Waals surface area contributed by atoms with Crippen LogP contribution in [-0.4, -0.2) is 36.9 Å². The lowest BCUT2D eigenvalue weighted by atomic mass is 10.0. The molecule has 2 heterocycles. The second-order valence-electron chi connectivity index (χ2n) is 6.11. The molecule has 28 heavy (non-hydrogen) atoms. The van der Waals surface area contributed by atoms with E-state index >= 15 is 0 Å². The highest BCUT2D eigenvalue weighted by atomic mass is 16.6. The van der Waals surface area contributed by atoms with Crippen molar-refractivity contribution >= 4 is 28.2 Å². The van der Waals surface area contributed by atoms with Gasteiger partial charge in [0.15, 0.2) is 5.69 Å². The monoisotopic (exact) mass is 376 g/mol. The van der Waals surface area contributed by atoms with Crippen LogP contribution in [0, 0.1) is 6.92 Å². The normalized spacial score (nSPS) is 11.7. The van der Waals surface area contributed by atoms with Crippen molar-refractivity contribution in [2.24, 2.45) is 5.10 Å². The van der Waals surface area contributed by atoms with E-state index in [0.717, 1.165) is 16.3 Å². The summed E-state index contributed by atoms with van der Waals surface area (Å²) in [4.78, 5) is 12.5. The van der Waals surface area contributed by atoms with Gasteiger partial charge in [0.05, 0.1) is 11.4 Å². The highest BCUT2D eigenvalue weighted by Gasteiger charge is 2.20. The van der Waals surface area contributed by atoms with E-state index in [1.165, 1.54) is 4.68 Å². The summed E-state index contributed by atoms with van der Waals surface area (Å²) in [6.45, 7) is 3.47. The quantitative estimate of drug-likeness (QED) is 0.409. The average Bonchev–Trinajstić information content (AvgIpc) is 3.30. The van der Waals surface area contributed by atoms with Crippen LogP contribution in [0.5, 0.6) is 0 Å². The number of amides is 1. The fourth-order valence-corrected chi connectivity index (χ4v) is 2.74. The predicted octanol–water partition coefficient (Wildman–Crippen LogP) is 1.85. The van der Waals surface area contributed by atoms with Crippen LogP contribution in [0.15, 0.2) is 52.2 Å². The molecule has 10 nitrogen and oxygen atoms in total. The average molecular weight is 376 g/mol. The summed E-state index contributed by atoms with van der Waals surface area (Å²) in [6, 6.07) is 14.0. The van der Waals surface area contributed by atoms with Crippen LogP contribution >= 0.6 is 0 Å². The van der Waals surface area contributed by atoms with E-state index in [9.17, 15) is 4.79 Å². The highest BCUT2D eigenvalue weighted by Crippen LogP contribution is 2.17. The number of nitrogen functional groups attached to an aromatic ring is 1. The van der Waals surface area contributed by atoms with Crippen molar-refractivity contribution in [2.75, 3.05) is 5.73 Å². The summed E-state index contributed by atoms with van der Waals surface area (Å²) >= 11 is 0. The molecule has 0 atom stereocenters. The van der Waals surface area contributed by atoms with Crippen molar-refractivity contribution in [1.82, 2.24) is 30.7 Å². The van der Waals surface area contributed by atoms with E-state index in [1.54, 1.807) is 6.92 Å². The second-order valence-corrected chi connectivity index (χ2v) is 6.11. The van der Waals surface area contributed by atoms with Crippen molar-refractivity contribution in [2.45, 2.75) is 13.8 Å². The van der Waals surface area contributed by atoms with Crippen LogP contribution in [0.25, 0.3) is 16.6 Å². The minimum absolute atomic E-state index is 0.0464. The largest absolute Gasteiger partial charge is 0.378 e. The molecule has 0 radical (unpaired) electrons. The Morgan fingerprint density at radius 3 is 2.71 bits per heavy atom. The Balaban J connectivity index is 1.55. The van der Waals surface area contributed by atoms with Gasteiger partial charge < -0.3 is 5.73 Å². The summed E-state index contributed by atoms with van der Waals surface area (Å²) in [7, 11) is 0. The van der Waals surface area contributed by atoms with Crippen LogP contribution in [0.3, 0.4) is 0 Å². The van der Waals surface area contributed by atoms with E-state index in [-0.39, 0.29) is 17.3 Å². The Bertz CT molecular complexity index is 1210. The van der Waals surface area contributed by atoms with Crippen molar-refractivity contribution < 1.29 is 9.42 Å². The number of carbonyl (C=O) groups excluding carboxylic acids is 1. The standard InChI is InChI=1S/C18H16N8O2/c1-10(13-8-7-12-5-3-4-6-14(12)9-13)20-22-18(27)15-11(2)26(25-21-15)17-16(19)23-28-24-17/h3-9H,1-2H3,(H2,19,23)(H,22,27). The molecule has 0 unspecified atom stereocenters. The fourth-order valence-electron chi connectivity index (χ4n) is 2.74. The Morgan fingerprint density at radius 1 is 1.18 bits per heavy atom. The van der Waals surface area contributed by atoms with Crippen molar-refractivity contribution in [3.63, 3.8) is 0 Å². The Morgan fingerprint density at radius 2 is 1.96 bits per heavy atom. The number of carbonyl (C=O) groups is 1. The van der Waals surface area contributed by atoms with E-state index in [0.29, 0.717) is 11.4 Å². The van der Waals surface area contributed by atoms with Gasteiger partial charge in [-0.15, -0.1) is 5.10 Å². The van der Waals surface area contributed by atoms with Crippen molar-refractivity contribution in [1.29, 1.82) is 0 Å². The number of nitrogens with zero attached hydrogens (tertiary/aromatic N) is 6. The minimum atomic E-state index is -0.501. The summed E-state index contributed by atoms with van der Waals surface area (Å²) in [6.07, 6.45) is 0. The molecule has 4 rings (SSSR count). The fraction of sp³-hybridized carbons (Fsp3) is 0.111. The molecule has 10 heteroatoms. The Kier molecular flexibility index (Phi) is 4.28. The van der Waals surface area contributed by atoms with E-state index < -0.39 is 5.91 Å². The molecule has 0 bridgehead atoms. The van der Waals surface area contributed by atoms with E-state index in [1.807, 2.05) is 49.4 Å². The molecule has 140 valence electrons. The van der Waals surface area contributed by atoms with Crippen molar-refractivity contribution in [3.8, 4) is 5.82 Å². The molecule has 0 aliphatic heterocycles. The van der Waals surface area contributed by atoms with Gasteiger partial charge in [-0.3, -0.25) is 4.79 Å². The van der Waals surface area contributed by atoms with Gasteiger partial charge in [0.2, 0.25) is 11.6 Å². The van der Waals surface area contributed by atoms with Gasteiger partial charge in [0.1, 0.15) is 0 Å². The smallest absolute Gasteiger partial charge is 0.293 e. The lowest BCUT2D eigenvalue weighted by molar-refractivity contribution is 0.0949. The number of fused-ring (bicyclic) bond motifs is 1. The lowest BCUT2D eigenvalue weighted by Crippen LogP contribution is -2.21. The molecule has 0 aliphatic carbocycles. The third-order valence-electron chi connectivity index (χ3n) is 4.30. The number of nitrogens with two attached hydrogens (primary N) is 1. The molecule has 2 aromatic carbocycles. The van der Waals surface area contributed by atoms with Gasteiger partial charge in [-0.25, -0.2) is 10.1 Å². The van der Waals surface area contributed by atoms with Crippen LogP contribution < -0.4 is 11.2 Å². The number of nitrogens with one attached hydrogen (secondary N) is 1. The maximum atomic E-state index is 12.5. The number of hydrogen-bond acceptors (Lipinski definition) is 8. The van der Waals surface area contributed by atoms with Gasteiger partial charge in [0.25, 0.3) is 5.91 Å².